The van der Waals surface area contributed by atoms with Crippen molar-refractivity contribution in [3.63, 3.8) is 0 Å². The molecule has 0 unspecified atom stereocenters. The van der Waals surface area contributed by atoms with Crippen molar-refractivity contribution in [3.05, 3.63) is 0 Å². The SMILES string of the molecule is O=C1CCCN1[C@H]1CCO[C@@]2(CCN(S(=O)(=O)C3CC3)C2)C1. The third kappa shape index (κ3) is 2.47. The number of rotatable bonds is 3. The van der Waals surface area contributed by atoms with Gasteiger partial charge in [0.25, 0.3) is 0 Å². The van der Waals surface area contributed by atoms with Crippen LogP contribution in [-0.4, -0.2) is 66.7 Å². The number of hydrogen-bond acceptors (Lipinski definition) is 4. The summed E-state index contributed by atoms with van der Waals surface area (Å²) in [6, 6.07) is 0.229. The molecule has 1 saturated carbocycles. The first kappa shape index (κ1) is 14.9. The molecule has 2 atom stereocenters. The van der Waals surface area contributed by atoms with E-state index < -0.39 is 10.0 Å². The number of hydrogen-bond donors (Lipinski definition) is 0. The summed E-state index contributed by atoms with van der Waals surface area (Å²) < 4.78 is 32.5. The molecule has 3 saturated heterocycles. The van der Waals surface area contributed by atoms with Crippen LogP contribution in [0.2, 0.25) is 0 Å². The molecule has 4 fully saturated rings. The molecule has 1 aliphatic carbocycles. The Morgan fingerprint density at radius 2 is 2.00 bits per heavy atom. The zero-order chi connectivity index (χ0) is 15.4. The average Bonchev–Trinajstić information content (AvgIpc) is 3.16. The van der Waals surface area contributed by atoms with Gasteiger partial charge in [-0.15, -0.1) is 0 Å². The third-order valence-electron chi connectivity index (χ3n) is 5.60. The average molecular weight is 328 g/mol. The number of carbonyl (C=O) groups excluding carboxylic acids is 1. The highest BCUT2D eigenvalue weighted by Gasteiger charge is 2.51. The minimum absolute atomic E-state index is 0.151. The maximum Gasteiger partial charge on any atom is 0.222 e. The van der Waals surface area contributed by atoms with E-state index in [2.05, 4.69) is 0 Å². The summed E-state index contributed by atoms with van der Waals surface area (Å²) >= 11 is 0. The Bertz CT molecular complexity index is 574. The minimum atomic E-state index is -3.12. The van der Waals surface area contributed by atoms with E-state index in [4.69, 9.17) is 4.74 Å². The first-order valence-electron chi connectivity index (χ1n) is 8.43. The first-order chi connectivity index (χ1) is 10.5. The lowest BCUT2D eigenvalue weighted by Crippen LogP contribution is -2.50. The second kappa shape index (κ2) is 5.18. The molecule has 3 aliphatic heterocycles. The molecule has 0 radical (unpaired) electrons. The van der Waals surface area contributed by atoms with Crippen molar-refractivity contribution >= 4 is 15.9 Å². The molecule has 0 bridgehead atoms. The van der Waals surface area contributed by atoms with Gasteiger partial charge in [0.15, 0.2) is 0 Å². The Kier molecular flexibility index (Phi) is 3.51. The fourth-order valence-corrected chi connectivity index (χ4v) is 6.12. The fourth-order valence-electron chi connectivity index (χ4n) is 4.21. The van der Waals surface area contributed by atoms with E-state index >= 15 is 0 Å². The summed E-state index contributed by atoms with van der Waals surface area (Å²) in [5.41, 5.74) is -0.367. The van der Waals surface area contributed by atoms with Gasteiger partial charge in [-0.25, -0.2) is 8.42 Å². The van der Waals surface area contributed by atoms with E-state index in [1.54, 1.807) is 4.31 Å². The Morgan fingerprint density at radius 3 is 2.68 bits per heavy atom. The molecule has 1 spiro atoms. The molecule has 6 nitrogen and oxygen atoms in total. The molecular weight excluding hydrogens is 304 g/mol. The Hall–Kier alpha value is -0.660. The van der Waals surface area contributed by atoms with Crippen molar-refractivity contribution in [3.8, 4) is 0 Å². The standard InChI is InChI=1S/C15H24N2O4S/c18-14-2-1-7-17(14)12-5-9-21-15(10-12)6-8-16(11-15)22(19,20)13-3-4-13/h12-13H,1-11H2/t12-,15-/m0/s1. The van der Waals surface area contributed by atoms with Crippen LogP contribution < -0.4 is 0 Å². The first-order valence-corrected chi connectivity index (χ1v) is 9.93. The van der Waals surface area contributed by atoms with E-state index in [1.807, 2.05) is 4.90 Å². The highest BCUT2D eigenvalue weighted by molar-refractivity contribution is 7.90. The van der Waals surface area contributed by atoms with E-state index in [-0.39, 0.29) is 22.8 Å². The predicted molar refractivity (Wildman–Crippen MR) is 80.8 cm³/mol. The van der Waals surface area contributed by atoms with Gasteiger partial charge in [-0.3, -0.25) is 4.79 Å². The van der Waals surface area contributed by atoms with Crippen LogP contribution in [0.1, 0.15) is 44.9 Å². The lowest BCUT2D eigenvalue weighted by atomic mass is 9.89. The summed E-state index contributed by atoms with van der Waals surface area (Å²) in [6.45, 7) is 2.53. The largest absolute Gasteiger partial charge is 0.373 e. The van der Waals surface area contributed by atoms with E-state index in [0.29, 0.717) is 26.1 Å². The Labute approximate surface area is 131 Å². The van der Waals surface area contributed by atoms with Crippen LogP contribution in [-0.2, 0) is 19.6 Å². The number of amides is 1. The van der Waals surface area contributed by atoms with Crippen LogP contribution in [0, 0.1) is 0 Å². The molecule has 0 aromatic carbocycles. The van der Waals surface area contributed by atoms with Gasteiger partial charge in [0, 0.05) is 38.7 Å². The Balaban J connectivity index is 1.47. The predicted octanol–water partition coefficient (Wildman–Crippen LogP) is 0.725. The summed E-state index contributed by atoms with van der Waals surface area (Å²) in [6.07, 6.45) is 5.64. The van der Waals surface area contributed by atoms with E-state index in [0.717, 1.165) is 45.1 Å². The number of carbonyl (C=O) groups is 1. The van der Waals surface area contributed by atoms with Gasteiger partial charge in [0.2, 0.25) is 15.9 Å². The summed E-state index contributed by atoms with van der Waals surface area (Å²) in [5.74, 6) is 0.252. The lowest BCUT2D eigenvalue weighted by molar-refractivity contribution is -0.137. The second-order valence-electron chi connectivity index (χ2n) is 7.20. The molecular formula is C15H24N2O4S. The number of ether oxygens (including phenoxy) is 1. The molecule has 3 heterocycles. The van der Waals surface area contributed by atoms with Crippen molar-refractivity contribution in [2.24, 2.45) is 0 Å². The monoisotopic (exact) mass is 328 g/mol. The fraction of sp³-hybridized carbons (Fsp3) is 0.933. The van der Waals surface area contributed by atoms with Gasteiger partial charge in [-0.2, -0.15) is 4.31 Å². The summed E-state index contributed by atoms with van der Waals surface area (Å²) in [5, 5.41) is -0.151. The van der Waals surface area contributed by atoms with Crippen LogP contribution in [0.3, 0.4) is 0 Å². The third-order valence-corrected chi connectivity index (χ3v) is 7.95. The smallest absolute Gasteiger partial charge is 0.222 e. The van der Waals surface area contributed by atoms with Crippen LogP contribution in [0.4, 0.5) is 0 Å². The van der Waals surface area contributed by atoms with Gasteiger partial charge in [-0.05, 0) is 38.5 Å². The molecule has 0 aromatic heterocycles. The lowest BCUT2D eigenvalue weighted by Gasteiger charge is -2.41. The van der Waals surface area contributed by atoms with Crippen molar-refractivity contribution in [1.29, 1.82) is 0 Å². The number of nitrogens with zero attached hydrogens (tertiary/aromatic N) is 2. The quantitative estimate of drug-likeness (QED) is 0.766. The minimum Gasteiger partial charge on any atom is -0.373 e. The molecule has 0 N–H and O–H groups in total. The molecule has 4 rings (SSSR count). The van der Waals surface area contributed by atoms with E-state index in [9.17, 15) is 13.2 Å². The Morgan fingerprint density at radius 1 is 1.18 bits per heavy atom. The topological polar surface area (TPSA) is 66.9 Å². The van der Waals surface area contributed by atoms with Gasteiger partial charge >= 0.3 is 0 Å². The van der Waals surface area contributed by atoms with Gasteiger partial charge < -0.3 is 9.64 Å². The zero-order valence-corrected chi connectivity index (χ0v) is 13.7. The van der Waals surface area contributed by atoms with Gasteiger partial charge in [0.1, 0.15) is 0 Å². The number of likely N-dealkylation sites (tertiary alicyclic amines) is 1. The molecule has 124 valence electrons. The molecule has 4 aliphatic rings. The van der Waals surface area contributed by atoms with Crippen LogP contribution in [0.25, 0.3) is 0 Å². The van der Waals surface area contributed by atoms with Crippen LogP contribution >= 0.6 is 0 Å². The molecule has 7 heteroatoms. The van der Waals surface area contributed by atoms with E-state index in [1.165, 1.54) is 0 Å². The normalized spacial score (nSPS) is 37.4. The van der Waals surface area contributed by atoms with Crippen molar-refractivity contribution in [2.75, 3.05) is 26.2 Å². The van der Waals surface area contributed by atoms with Crippen molar-refractivity contribution < 1.29 is 17.9 Å². The van der Waals surface area contributed by atoms with Crippen molar-refractivity contribution in [2.45, 2.75) is 61.8 Å². The highest BCUT2D eigenvalue weighted by atomic mass is 32.2. The number of sulfonamides is 1. The summed E-state index contributed by atoms with van der Waals surface area (Å²) in [7, 11) is -3.12. The second-order valence-corrected chi connectivity index (χ2v) is 9.41. The zero-order valence-electron chi connectivity index (χ0n) is 12.9. The highest BCUT2D eigenvalue weighted by Crippen LogP contribution is 2.40. The van der Waals surface area contributed by atoms with Crippen LogP contribution in [0.5, 0.6) is 0 Å². The van der Waals surface area contributed by atoms with Gasteiger partial charge in [-0.1, -0.05) is 0 Å². The maximum absolute atomic E-state index is 12.4. The molecule has 0 aromatic rings. The summed E-state index contributed by atoms with van der Waals surface area (Å²) in [4.78, 5) is 14.0. The molecule has 22 heavy (non-hydrogen) atoms. The van der Waals surface area contributed by atoms with Crippen molar-refractivity contribution in [1.82, 2.24) is 9.21 Å². The molecule has 1 amide bonds. The van der Waals surface area contributed by atoms with Gasteiger partial charge in [0.05, 0.1) is 10.9 Å². The maximum atomic E-state index is 12.4. The van der Waals surface area contributed by atoms with Crippen LogP contribution in [0.15, 0.2) is 0 Å².